The van der Waals surface area contributed by atoms with Crippen LogP contribution in [-0.4, -0.2) is 44.1 Å². The molecule has 0 saturated carbocycles. The predicted octanol–water partition coefficient (Wildman–Crippen LogP) is 3.37. The molecule has 1 fully saturated rings. The second-order valence-corrected chi connectivity index (χ2v) is 6.20. The maximum atomic E-state index is 12.4. The lowest BCUT2D eigenvalue weighted by Gasteiger charge is -2.35. The van der Waals surface area contributed by atoms with E-state index >= 15 is 0 Å². The molecule has 25 heavy (non-hydrogen) atoms. The second-order valence-electron chi connectivity index (χ2n) is 6.20. The van der Waals surface area contributed by atoms with E-state index in [2.05, 4.69) is 24.0 Å². The summed E-state index contributed by atoms with van der Waals surface area (Å²) in [5.41, 5.74) is 3.40. The molecule has 2 aromatic carbocycles. The molecule has 1 aliphatic rings. The SMILES string of the molecule is COc1cccc(N2CCN(C(=O)/C=C/c3ccccc3C)CC2)c1. The van der Waals surface area contributed by atoms with Crippen LogP contribution in [0.4, 0.5) is 5.69 Å². The van der Waals surface area contributed by atoms with E-state index in [9.17, 15) is 4.79 Å². The molecule has 1 saturated heterocycles. The predicted molar refractivity (Wildman–Crippen MR) is 102 cm³/mol. The Morgan fingerprint density at radius 1 is 1.04 bits per heavy atom. The molecule has 0 atom stereocenters. The molecule has 3 rings (SSSR count). The maximum absolute atomic E-state index is 12.4. The summed E-state index contributed by atoms with van der Waals surface area (Å²) in [5, 5.41) is 0. The summed E-state index contributed by atoms with van der Waals surface area (Å²) < 4.78 is 5.29. The fourth-order valence-corrected chi connectivity index (χ4v) is 3.03. The number of carbonyl (C=O) groups is 1. The van der Waals surface area contributed by atoms with Gasteiger partial charge in [0.2, 0.25) is 5.91 Å². The van der Waals surface area contributed by atoms with Crippen LogP contribution in [0, 0.1) is 6.92 Å². The van der Waals surface area contributed by atoms with E-state index in [4.69, 9.17) is 4.74 Å². The maximum Gasteiger partial charge on any atom is 0.246 e. The highest BCUT2D eigenvalue weighted by molar-refractivity contribution is 5.92. The Kier molecular flexibility index (Phi) is 5.39. The number of carbonyl (C=O) groups excluding carboxylic acids is 1. The molecule has 0 unspecified atom stereocenters. The van der Waals surface area contributed by atoms with Crippen molar-refractivity contribution < 1.29 is 9.53 Å². The Morgan fingerprint density at radius 3 is 2.52 bits per heavy atom. The number of piperazine rings is 1. The number of rotatable bonds is 4. The third-order valence-electron chi connectivity index (χ3n) is 4.60. The Morgan fingerprint density at radius 2 is 1.80 bits per heavy atom. The van der Waals surface area contributed by atoms with Crippen molar-refractivity contribution in [2.75, 3.05) is 38.2 Å². The molecule has 0 aromatic heterocycles. The Balaban J connectivity index is 1.58. The zero-order valence-corrected chi connectivity index (χ0v) is 14.8. The van der Waals surface area contributed by atoms with Crippen LogP contribution in [0.15, 0.2) is 54.6 Å². The van der Waals surface area contributed by atoms with E-state index in [0.29, 0.717) is 0 Å². The molecule has 0 radical (unpaired) electrons. The first-order valence-corrected chi connectivity index (χ1v) is 8.59. The number of aryl methyl sites for hydroxylation is 1. The first-order chi connectivity index (χ1) is 12.2. The van der Waals surface area contributed by atoms with E-state index < -0.39 is 0 Å². The van der Waals surface area contributed by atoms with Gasteiger partial charge in [-0.2, -0.15) is 0 Å². The van der Waals surface area contributed by atoms with Gasteiger partial charge >= 0.3 is 0 Å². The fraction of sp³-hybridized carbons (Fsp3) is 0.286. The van der Waals surface area contributed by atoms with E-state index in [1.54, 1.807) is 13.2 Å². The van der Waals surface area contributed by atoms with Crippen LogP contribution >= 0.6 is 0 Å². The summed E-state index contributed by atoms with van der Waals surface area (Å²) in [4.78, 5) is 16.6. The van der Waals surface area contributed by atoms with Crippen LogP contribution in [-0.2, 0) is 4.79 Å². The van der Waals surface area contributed by atoms with Gasteiger partial charge in [0.25, 0.3) is 0 Å². The van der Waals surface area contributed by atoms with Crippen molar-refractivity contribution in [1.29, 1.82) is 0 Å². The molecular weight excluding hydrogens is 312 g/mol. The third kappa shape index (κ3) is 4.21. The molecule has 1 aliphatic heterocycles. The van der Waals surface area contributed by atoms with Gasteiger partial charge in [-0.3, -0.25) is 4.79 Å². The third-order valence-corrected chi connectivity index (χ3v) is 4.60. The number of amides is 1. The van der Waals surface area contributed by atoms with Crippen molar-refractivity contribution in [1.82, 2.24) is 4.90 Å². The normalized spacial score (nSPS) is 14.8. The van der Waals surface area contributed by atoms with Gasteiger partial charge in [0.1, 0.15) is 5.75 Å². The summed E-state index contributed by atoms with van der Waals surface area (Å²) in [6.45, 7) is 5.17. The van der Waals surface area contributed by atoms with Gasteiger partial charge in [-0.25, -0.2) is 0 Å². The van der Waals surface area contributed by atoms with Gasteiger partial charge < -0.3 is 14.5 Å². The van der Waals surface area contributed by atoms with Crippen LogP contribution in [0.3, 0.4) is 0 Å². The second kappa shape index (κ2) is 7.88. The van der Waals surface area contributed by atoms with Crippen molar-refractivity contribution in [3.05, 3.63) is 65.7 Å². The minimum atomic E-state index is 0.0774. The van der Waals surface area contributed by atoms with Gasteiger partial charge in [0, 0.05) is 44.0 Å². The minimum Gasteiger partial charge on any atom is -0.497 e. The Labute approximate surface area is 149 Å². The summed E-state index contributed by atoms with van der Waals surface area (Å²) in [7, 11) is 1.68. The minimum absolute atomic E-state index is 0.0774. The summed E-state index contributed by atoms with van der Waals surface area (Å²) in [6, 6.07) is 16.1. The number of hydrogen-bond acceptors (Lipinski definition) is 3. The summed E-state index contributed by atoms with van der Waals surface area (Å²) in [6.07, 6.45) is 3.59. The number of anilines is 1. The smallest absolute Gasteiger partial charge is 0.246 e. The molecule has 1 heterocycles. The van der Waals surface area contributed by atoms with Crippen LogP contribution < -0.4 is 9.64 Å². The summed E-state index contributed by atoms with van der Waals surface area (Å²) in [5.74, 6) is 0.936. The molecule has 0 aliphatic carbocycles. The van der Waals surface area contributed by atoms with Gasteiger partial charge in [0.15, 0.2) is 0 Å². The quantitative estimate of drug-likeness (QED) is 0.803. The standard InChI is InChI=1S/C21H24N2O2/c1-17-6-3-4-7-18(17)10-11-21(24)23-14-12-22(13-15-23)19-8-5-9-20(16-19)25-2/h3-11,16H,12-15H2,1-2H3/b11-10+. The number of nitrogens with zero attached hydrogens (tertiary/aromatic N) is 2. The van der Waals surface area contributed by atoms with Crippen LogP contribution in [0.1, 0.15) is 11.1 Å². The lowest BCUT2D eigenvalue weighted by atomic mass is 10.1. The highest BCUT2D eigenvalue weighted by atomic mass is 16.5. The van der Waals surface area contributed by atoms with Crippen LogP contribution in [0.5, 0.6) is 5.75 Å². The fourth-order valence-electron chi connectivity index (χ4n) is 3.03. The van der Waals surface area contributed by atoms with Crippen molar-refractivity contribution in [2.24, 2.45) is 0 Å². The molecule has 0 N–H and O–H groups in total. The summed E-state index contributed by atoms with van der Waals surface area (Å²) >= 11 is 0. The molecule has 4 nitrogen and oxygen atoms in total. The van der Waals surface area contributed by atoms with Gasteiger partial charge in [0.05, 0.1) is 7.11 Å². The van der Waals surface area contributed by atoms with Gasteiger partial charge in [-0.1, -0.05) is 30.3 Å². The lowest BCUT2D eigenvalue weighted by Crippen LogP contribution is -2.48. The van der Waals surface area contributed by atoms with Gasteiger partial charge in [-0.15, -0.1) is 0 Å². The monoisotopic (exact) mass is 336 g/mol. The van der Waals surface area contributed by atoms with E-state index in [0.717, 1.165) is 43.2 Å². The molecule has 0 bridgehead atoms. The average molecular weight is 336 g/mol. The van der Waals surface area contributed by atoms with Crippen molar-refractivity contribution >= 4 is 17.7 Å². The highest BCUT2D eigenvalue weighted by Gasteiger charge is 2.20. The number of methoxy groups -OCH3 is 1. The zero-order chi connectivity index (χ0) is 17.6. The van der Waals surface area contributed by atoms with Crippen molar-refractivity contribution in [3.63, 3.8) is 0 Å². The Bertz CT molecular complexity index is 762. The van der Waals surface area contributed by atoms with Crippen LogP contribution in [0.2, 0.25) is 0 Å². The number of ether oxygens (including phenoxy) is 1. The largest absolute Gasteiger partial charge is 0.497 e. The number of hydrogen-bond donors (Lipinski definition) is 0. The molecule has 0 spiro atoms. The first-order valence-electron chi connectivity index (χ1n) is 8.59. The molecule has 130 valence electrons. The lowest BCUT2D eigenvalue weighted by molar-refractivity contribution is -0.126. The molecule has 1 amide bonds. The van der Waals surface area contributed by atoms with Crippen molar-refractivity contribution in [3.8, 4) is 5.75 Å². The molecule has 4 heteroatoms. The molecule has 2 aromatic rings. The zero-order valence-electron chi connectivity index (χ0n) is 14.8. The topological polar surface area (TPSA) is 32.8 Å². The number of benzene rings is 2. The first kappa shape index (κ1) is 17.1. The van der Waals surface area contributed by atoms with E-state index in [-0.39, 0.29) is 5.91 Å². The van der Waals surface area contributed by atoms with Gasteiger partial charge in [-0.05, 0) is 36.3 Å². The van der Waals surface area contributed by atoms with Crippen LogP contribution in [0.25, 0.3) is 6.08 Å². The molecular formula is C21H24N2O2. The average Bonchev–Trinajstić information content (AvgIpc) is 2.67. The Hall–Kier alpha value is -2.75. The van der Waals surface area contributed by atoms with E-state index in [1.807, 2.05) is 47.4 Å². The highest BCUT2D eigenvalue weighted by Crippen LogP contribution is 2.22. The van der Waals surface area contributed by atoms with E-state index in [1.165, 1.54) is 5.56 Å². The van der Waals surface area contributed by atoms with Crippen molar-refractivity contribution in [2.45, 2.75) is 6.92 Å².